The van der Waals surface area contributed by atoms with Crippen molar-refractivity contribution in [2.75, 3.05) is 14.1 Å². The fourth-order valence-electron chi connectivity index (χ4n) is 0.239. The normalized spacial score (nSPS) is 9.43. The Balaban J connectivity index is 0. The lowest BCUT2D eigenvalue weighted by atomic mass is 10.8. The summed E-state index contributed by atoms with van der Waals surface area (Å²) in [4.78, 5) is 1.52. The summed E-state index contributed by atoms with van der Waals surface area (Å²) >= 11 is 0. The van der Waals surface area contributed by atoms with Crippen molar-refractivity contribution in [3.05, 3.63) is 0 Å². The molecule has 7 N–H and O–H groups in total. The molecule has 0 aliphatic heterocycles. The molecule has 0 aromatic rings. The molecule has 0 saturated carbocycles. The van der Waals surface area contributed by atoms with E-state index >= 15 is 0 Å². The SMILES string of the molecule is CN(C)C(=N)NC(=N)N.O=S(=O)(O)O. The van der Waals surface area contributed by atoms with Gasteiger partial charge in [0, 0.05) is 14.1 Å². The summed E-state index contributed by atoms with van der Waals surface area (Å²) in [6.07, 6.45) is 0. The summed E-state index contributed by atoms with van der Waals surface area (Å²) < 4.78 is 31.6. The standard InChI is InChI=1S/C4H11N5.H2O4S/c1-9(2)4(7)8-3(5)6;1-5(2,3)4/h1-2H3,(H5,5,6,7,8);(H2,1,2,3,4). The first kappa shape index (κ1) is 15.1. The van der Waals surface area contributed by atoms with Crippen LogP contribution >= 0.6 is 0 Å². The fourth-order valence-corrected chi connectivity index (χ4v) is 0.239. The van der Waals surface area contributed by atoms with Crippen molar-refractivity contribution in [1.29, 1.82) is 10.8 Å². The van der Waals surface area contributed by atoms with E-state index in [1.54, 1.807) is 14.1 Å². The molecule has 0 fully saturated rings. The molecule has 0 aliphatic rings. The molecule has 14 heavy (non-hydrogen) atoms. The molecule has 0 heterocycles. The summed E-state index contributed by atoms with van der Waals surface area (Å²) in [7, 11) is -1.28. The zero-order valence-corrected chi connectivity index (χ0v) is 8.46. The van der Waals surface area contributed by atoms with Crippen molar-refractivity contribution in [2.24, 2.45) is 5.73 Å². The quantitative estimate of drug-likeness (QED) is 0.163. The molecule has 0 aliphatic carbocycles. The first-order valence-electron chi connectivity index (χ1n) is 3.11. The third-order valence-electron chi connectivity index (χ3n) is 0.700. The monoisotopic (exact) mass is 227 g/mol. The van der Waals surface area contributed by atoms with Gasteiger partial charge in [-0.3, -0.25) is 25.2 Å². The summed E-state index contributed by atoms with van der Waals surface area (Å²) in [6, 6.07) is 0. The minimum absolute atomic E-state index is 0.113. The zero-order chi connectivity index (χ0) is 11.9. The molecule has 0 amide bonds. The van der Waals surface area contributed by atoms with Crippen LogP contribution in [0.15, 0.2) is 0 Å². The second-order valence-electron chi connectivity index (χ2n) is 2.23. The van der Waals surface area contributed by atoms with Crippen LogP contribution in [0.1, 0.15) is 0 Å². The summed E-state index contributed by atoms with van der Waals surface area (Å²) in [6.45, 7) is 0. The molecule has 0 bridgehead atoms. The average molecular weight is 227 g/mol. The van der Waals surface area contributed by atoms with Gasteiger partial charge in [-0.25, -0.2) is 0 Å². The Hall–Kier alpha value is -1.39. The van der Waals surface area contributed by atoms with Crippen molar-refractivity contribution < 1.29 is 17.5 Å². The number of rotatable bonds is 0. The molecule has 84 valence electrons. The minimum atomic E-state index is -4.67. The molecule has 9 nitrogen and oxygen atoms in total. The van der Waals surface area contributed by atoms with Gasteiger partial charge >= 0.3 is 10.4 Å². The van der Waals surface area contributed by atoms with Gasteiger partial charge in [-0.2, -0.15) is 8.42 Å². The van der Waals surface area contributed by atoms with E-state index in [9.17, 15) is 0 Å². The minimum Gasteiger partial charge on any atom is -0.370 e. The van der Waals surface area contributed by atoms with Crippen LogP contribution in [0.3, 0.4) is 0 Å². The van der Waals surface area contributed by atoms with E-state index in [0.717, 1.165) is 0 Å². The third-order valence-corrected chi connectivity index (χ3v) is 0.700. The Morgan fingerprint density at radius 3 is 1.71 bits per heavy atom. The van der Waals surface area contributed by atoms with E-state index in [1.807, 2.05) is 0 Å². The maximum Gasteiger partial charge on any atom is 0.394 e. The van der Waals surface area contributed by atoms with Gasteiger partial charge in [0.05, 0.1) is 0 Å². The van der Waals surface area contributed by atoms with Crippen LogP contribution in [-0.2, 0) is 10.4 Å². The van der Waals surface area contributed by atoms with Crippen molar-refractivity contribution in [1.82, 2.24) is 10.2 Å². The first-order chi connectivity index (χ1) is 6.04. The highest BCUT2D eigenvalue weighted by molar-refractivity contribution is 7.79. The van der Waals surface area contributed by atoms with Gasteiger partial charge in [0.25, 0.3) is 0 Å². The predicted molar refractivity (Wildman–Crippen MR) is 50.6 cm³/mol. The van der Waals surface area contributed by atoms with Crippen LogP contribution in [0.5, 0.6) is 0 Å². The topological polar surface area (TPSA) is 164 Å². The summed E-state index contributed by atoms with van der Waals surface area (Å²) in [5, 5.41) is 16.1. The van der Waals surface area contributed by atoms with Gasteiger partial charge in [-0.1, -0.05) is 0 Å². The Labute approximate surface area is 81.5 Å². The summed E-state index contributed by atoms with van der Waals surface area (Å²) in [5.41, 5.74) is 4.94. The number of nitrogens with zero attached hydrogens (tertiary/aromatic N) is 1. The van der Waals surface area contributed by atoms with Crippen LogP contribution in [0, 0.1) is 10.8 Å². The van der Waals surface area contributed by atoms with Crippen molar-refractivity contribution in [3.8, 4) is 0 Å². The van der Waals surface area contributed by atoms with Gasteiger partial charge in [0.15, 0.2) is 11.9 Å². The lowest BCUT2D eigenvalue weighted by Gasteiger charge is -2.13. The van der Waals surface area contributed by atoms with E-state index in [1.165, 1.54) is 4.90 Å². The van der Waals surface area contributed by atoms with E-state index in [4.69, 9.17) is 34.1 Å². The molecular weight excluding hydrogens is 214 g/mol. The molecule has 10 heteroatoms. The highest BCUT2D eigenvalue weighted by atomic mass is 32.3. The van der Waals surface area contributed by atoms with Crippen LogP contribution in [0.2, 0.25) is 0 Å². The third kappa shape index (κ3) is 22.4. The molecule has 0 rings (SSSR count). The summed E-state index contributed by atoms with van der Waals surface area (Å²) in [5.74, 6) is -0.101. The number of nitrogens with two attached hydrogens (primary N) is 1. The molecule has 0 spiro atoms. The fraction of sp³-hybridized carbons (Fsp3) is 0.500. The molecule has 0 atom stereocenters. The predicted octanol–water partition coefficient (Wildman–Crippen LogP) is -1.69. The molecule has 0 saturated heterocycles. The van der Waals surface area contributed by atoms with E-state index in [0.29, 0.717) is 0 Å². The average Bonchev–Trinajstić information content (AvgIpc) is 1.80. The highest BCUT2D eigenvalue weighted by Gasteiger charge is 1.96. The zero-order valence-electron chi connectivity index (χ0n) is 7.64. The number of guanidine groups is 2. The van der Waals surface area contributed by atoms with Crippen LogP contribution in [0.25, 0.3) is 0 Å². The second kappa shape index (κ2) is 6.12. The Morgan fingerprint density at radius 2 is 1.64 bits per heavy atom. The van der Waals surface area contributed by atoms with Gasteiger partial charge < -0.3 is 10.6 Å². The van der Waals surface area contributed by atoms with Gasteiger partial charge in [-0.05, 0) is 0 Å². The smallest absolute Gasteiger partial charge is 0.370 e. The largest absolute Gasteiger partial charge is 0.394 e. The Bertz CT molecular complexity index is 289. The Kier molecular flexibility index (Phi) is 6.60. The second-order valence-corrected chi connectivity index (χ2v) is 3.13. The number of hydrogen-bond acceptors (Lipinski definition) is 4. The van der Waals surface area contributed by atoms with E-state index in [-0.39, 0.29) is 11.9 Å². The van der Waals surface area contributed by atoms with Crippen LogP contribution in [0.4, 0.5) is 0 Å². The molecule has 0 radical (unpaired) electrons. The van der Waals surface area contributed by atoms with E-state index in [2.05, 4.69) is 5.32 Å². The van der Waals surface area contributed by atoms with Gasteiger partial charge in [0.1, 0.15) is 0 Å². The highest BCUT2D eigenvalue weighted by Crippen LogP contribution is 1.70. The van der Waals surface area contributed by atoms with Crippen molar-refractivity contribution >= 4 is 22.3 Å². The number of hydrogen-bond donors (Lipinski definition) is 6. The maximum absolute atomic E-state index is 8.74. The maximum atomic E-state index is 8.74. The van der Waals surface area contributed by atoms with Crippen molar-refractivity contribution in [3.63, 3.8) is 0 Å². The molecular formula is C4H13N5O4S. The van der Waals surface area contributed by atoms with Gasteiger partial charge in [-0.15, -0.1) is 0 Å². The Morgan fingerprint density at radius 1 is 1.36 bits per heavy atom. The van der Waals surface area contributed by atoms with Crippen LogP contribution < -0.4 is 11.1 Å². The van der Waals surface area contributed by atoms with Crippen molar-refractivity contribution in [2.45, 2.75) is 0 Å². The molecule has 0 aromatic heterocycles. The first-order valence-corrected chi connectivity index (χ1v) is 4.50. The molecule has 0 aromatic carbocycles. The lowest BCUT2D eigenvalue weighted by Crippen LogP contribution is -2.42. The van der Waals surface area contributed by atoms with Crippen LogP contribution in [-0.4, -0.2) is 48.4 Å². The van der Waals surface area contributed by atoms with Gasteiger partial charge in [0.2, 0.25) is 0 Å². The van der Waals surface area contributed by atoms with E-state index < -0.39 is 10.4 Å². The lowest BCUT2D eigenvalue weighted by molar-refractivity contribution is 0.381. The molecule has 0 unspecified atom stereocenters. The number of nitrogens with one attached hydrogen (secondary N) is 3.